The largest absolute Gasteiger partial charge is 0.395 e. The van der Waals surface area contributed by atoms with E-state index < -0.39 is 11.8 Å². The maximum absolute atomic E-state index is 12.6. The van der Waals surface area contributed by atoms with E-state index >= 15 is 0 Å². The van der Waals surface area contributed by atoms with Crippen LogP contribution >= 0.6 is 0 Å². The SMILES string of the molecule is CC1(C)CC(NC(=O)C(=O)N(CCO)Cc2ccccc2)CC(C)(C)N1. The van der Waals surface area contributed by atoms with Crippen LogP contribution in [0.5, 0.6) is 0 Å². The zero-order chi connectivity index (χ0) is 19.4. The molecule has 0 unspecified atom stereocenters. The molecule has 0 bridgehead atoms. The van der Waals surface area contributed by atoms with Crippen LogP contribution in [0.3, 0.4) is 0 Å². The average Bonchev–Trinajstić information content (AvgIpc) is 2.51. The van der Waals surface area contributed by atoms with E-state index in [0.29, 0.717) is 6.54 Å². The highest BCUT2D eigenvalue weighted by Gasteiger charge is 2.39. The molecule has 1 saturated heterocycles. The molecule has 2 rings (SSSR count). The molecular weight excluding hydrogens is 330 g/mol. The van der Waals surface area contributed by atoms with Gasteiger partial charge in [0.15, 0.2) is 0 Å². The van der Waals surface area contributed by atoms with Crippen molar-refractivity contribution in [3.8, 4) is 0 Å². The molecule has 0 spiro atoms. The van der Waals surface area contributed by atoms with Gasteiger partial charge in [-0.05, 0) is 46.1 Å². The second-order valence-corrected chi connectivity index (χ2v) is 8.41. The minimum absolute atomic E-state index is 0.0644. The molecule has 1 fully saturated rings. The lowest BCUT2D eigenvalue weighted by molar-refractivity contribution is -0.147. The lowest BCUT2D eigenvalue weighted by Gasteiger charge is -2.46. The molecule has 2 amide bonds. The molecule has 1 aliphatic rings. The van der Waals surface area contributed by atoms with E-state index in [2.05, 4.69) is 38.3 Å². The van der Waals surface area contributed by atoms with Gasteiger partial charge in [0.25, 0.3) is 0 Å². The number of hydrogen-bond acceptors (Lipinski definition) is 4. The van der Waals surface area contributed by atoms with Gasteiger partial charge in [-0.3, -0.25) is 9.59 Å². The van der Waals surface area contributed by atoms with E-state index in [1.54, 1.807) is 0 Å². The van der Waals surface area contributed by atoms with Crippen LogP contribution in [0.15, 0.2) is 30.3 Å². The molecule has 0 radical (unpaired) electrons. The van der Waals surface area contributed by atoms with Gasteiger partial charge in [0, 0.05) is 30.2 Å². The fraction of sp³-hybridized carbons (Fsp3) is 0.600. The van der Waals surface area contributed by atoms with Crippen LogP contribution in [0, 0.1) is 0 Å². The topological polar surface area (TPSA) is 81.7 Å². The van der Waals surface area contributed by atoms with Gasteiger partial charge in [0.05, 0.1) is 6.61 Å². The zero-order valence-corrected chi connectivity index (χ0v) is 16.2. The summed E-state index contributed by atoms with van der Waals surface area (Å²) in [6, 6.07) is 9.40. The van der Waals surface area contributed by atoms with E-state index in [-0.39, 0.29) is 30.3 Å². The summed E-state index contributed by atoms with van der Waals surface area (Å²) in [5, 5.41) is 15.7. The van der Waals surface area contributed by atoms with Crippen LogP contribution in [-0.2, 0) is 16.1 Å². The summed E-state index contributed by atoms with van der Waals surface area (Å²) in [5.41, 5.74) is 0.695. The first-order valence-corrected chi connectivity index (χ1v) is 9.16. The fourth-order valence-electron chi connectivity index (χ4n) is 3.99. The first-order chi connectivity index (χ1) is 12.1. The van der Waals surface area contributed by atoms with Crippen molar-refractivity contribution in [3.05, 3.63) is 35.9 Å². The van der Waals surface area contributed by atoms with E-state index in [4.69, 9.17) is 0 Å². The summed E-state index contributed by atoms with van der Waals surface area (Å²) in [5.74, 6) is -1.20. The normalized spacial score (nSPS) is 19.0. The number of aliphatic hydroxyl groups excluding tert-OH is 1. The highest BCUT2D eigenvalue weighted by atomic mass is 16.3. The van der Waals surface area contributed by atoms with Gasteiger partial charge < -0.3 is 20.6 Å². The average molecular weight is 361 g/mol. The number of piperidine rings is 1. The van der Waals surface area contributed by atoms with Gasteiger partial charge in [-0.2, -0.15) is 0 Å². The molecule has 3 N–H and O–H groups in total. The molecule has 144 valence electrons. The Morgan fingerprint density at radius 1 is 1.15 bits per heavy atom. The highest BCUT2D eigenvalue weighted by Crippen LogP contribution is 2.28. The molecule has 0 aromatic heterocycles. The maximum atomic E-state index is 12.6. The summed E-state index contributed by atoms with van der Waals surface area (Å²) in [6.07, 6.45) is 1.52. The molecule has 0 aliphatic carbocycles. The molecule has 0 saturated carbocycles. The Morgan fingerprint density at radius 2 is 1.73 bits per heavy atom. The predicted molar refractivity (Wildman–Crippen MR) is 101 cm³/mol. The Balaban J connectivity index is 2.03. The summed E-state index contributed by atoms with van der Waals surface area (Å²) < 4.78 is 0. The van der Waals surface area contributed by atoms with Crippen molar-refractivity contribution in [2.75, 3.05) is 13.2 Å². The molecule has 6 heteroatoms. The Kier molecular flexibility index (Phi) is 6.42. The van der Waals surface area contributed by atoms with E-state index in [1.807, 2.05) is 30.3 Å². The second kappa shape index (κ2) is 8.18. The number of carbonyl (C=O) groups is 2. The molecular formula is C20H31N3O3. The minimum Gasteiger partial charge on any atom is -0.395 e. The monoisotopic (exact) mass is 361 g/mol. The number of hydrogen-bond donors (Lipinski definition) is 3. The van der Waals surface area contributed by atoms with Gasteiger partial charge in [-0.1, -0.05) is 30.3 Å². The van der Waals surface area contributed by atoms with Crippen LogP contribution in [0.4, 0.5) is 0 Å². The predicted octanol–water partition coefficient (Wildman–Crippen LogP) is 1.43. The maximum Gasteiger partial charge on any atom is 0.312 e. The summed E-state index contributed by atoms with van der Waals surface area (Å²) in [7, 11) is 0. The lowest BCUT2D eigenvalue weighted by Crippen LogP contribution is -2.63. The Bertz CT molecular complexity index is 612. The van der Waals surface area contributed by atoms with Crippen molar-refractivity contribution in [1.29, 1.82) is 0 Å². The fourth-order valence-corrected chi connectivity index (χ4v) is 3.99. The summed E-state index contributed by atoms with van der Waals surface area (Å²) in [6.45, 7) is 8.65. The Hall–Kier alpha value is -1.92. The van der Waals surface area contributed by atoms with E-state index in [1.165, 1.54) is 4.90 Å². The molecule has 6 nitrogen and oxygen atoms in total. The second-order valence-electron chi connectivity index (χ2n) is 8.41. The van der Waals surface area contributed by atoms with Crippen molar-refractivity contribution in [2.45, 2.75) is 64.2 Å². The van der Waals surface area contributed by atoms with Gasteiger partial charge in [-0.25, -0.2) is 0 Å². The number of carbonyl (C=O) groups excluding carboxylic acids is 2. The molecule has 0 atom stereocenters. The van der Waals surface area contributed by atoms with Gasteiger partial charge in [-0.15, -0.1) is 0 Å². The third kappa shape index (κ3) is 5.81. The number of benzene rings is 1. The van der Waals surface area contributed by atoms with Crippen LogP contribution in [-0.4, -0.2) is 52.1 Å². The molecule has 1 heterocycles. The number of nitrogens with one attached hydrogen (secondary N) is 2. The summed E-state index contributed by atoms with van der Waals surface area (Å²) >= 11 is 0. The number of amides is 2. The van der Waals surface area contributed by atoms with Crippen molar-refractivity contribution in [2.24, 2.45) is 0 Å². The zero-order valence-electron chi connectivity index (χ0n) is 16.2. The van der Waals surface area contributed by atoms with Crippen molar-refractivity contribution in [1.82, 2.24) is 15.5 Å². The highest BCUT2D eigenvalue weighted by molar-refractivity contribution is 6.35. The number of aliphatic hydroxyl groups is 1. The van der Waals surface area contributed by atoms with Crippen LogP contribution in [0.2, 0.25) is 0 Å². The van der Waals surface area contributed by atoms with Gasteiger partial charge in [0.2, 0.25) is 0 Å². The molecule has 1 aliphatic heterocycles. The molecule has 26 heavy (non-hydrogen) atoms. The first-order valence-electron chi connectivity index (χ1n) is 9.16. The molecule has 1 aromatic rings. The standard InChI is InChI=1S/C20H31N3O3/c1-19(2)12-16(13-20(3,4)22-19)21-17(25)18(26)23(10-11-24)14-15-8-6-5-7-9-15/h5-9,16,22,24H,10-14H2,1-4H3,(H,21,25). The van der Waals surface area contributed by atoms with Crippen molar-refractivity contribution >= 4 is 11.8 Å². The third-order valence-corrected chi connectivity index (χ3v) is 4.59. The quantitative estimate of drug-likeness (QED) is 0.693. The van der Waals surface area contributed by atoms with Crippen LogP contribution < -0.4 is 10.6 Å². The third-order valence-electron chi connectivity index (χ3n) is 4.59. The van der Waals surface area contributed by atoms with Gasteiger partial charge >= 0.3 is 11.8 Å². The van der Waals surface area contributed by atoms with Gasteiger partial charge in [0.1, 0.15) is 0 Å². The van der Waals surface area contributed by atoms with Crippen LogP contribution in [0.25, 0.3) is 0 Å². The summed E-state index contributed by atoms with van der Waals surface area (Å²) in [4.78, 5) is 26.5. The smallest absolute Gasteiger partial charge is 0.312 e. The van der Waals surface area contributed by atoms with E-state index in [0.717, 1.165) is 18.4 Å². The van der Waals surface area contributed by atoms with Crippen molar-refractivity contribution < 1.29 is 14.7 Å². The van der Waals surface area contributed by atoms with Crippen molar-refractivity contribution in [3.63, 3.8) is 0 Å². The van der Waals surface area contributed by atoms with E-state index in [9.17, 15) is 14.7 Å². The van der Waals surface area contributed by atoms with Crippen LogP contribution in [0.1, 0.15) is 46.1 Å². The number of rotatable bonds is 5. The number of nitrogens with zero attached hydrogens (tertiary/aromatic N) is 1. The first kappa shape index (κ1) is 20.4. The molecule has 1 aromatic carbocycles. The Morgan fingerprint density at radius 3 is 2.27 bits per heavy atom. The lowest BCUT2D eigenvalue weighted by atomic mass is 9.79. The Labute approximate surface area is 156 Å². The minimum atomic E-state index is -0.604.